The molecule has 0 aromatic rings. The summed E-state index contributed by atoms with van der Waals surface area (Å²) < 4.78 is 0. The lowest BCUT2D eigenvalue weighted by molar-refractivity contribution is -0.125. The van der Waals surface area contributed by atoms with Crippen molar-refractivity contribution in [2.24, 2.45) is 29.6 Å². The number of hydrogen-bond acceptors (Lipinski definition) is 2. The molecule has 0 radical (unpaired) electrons. The van der Waals surface area contributed by atoms with Gasteiger partial charge in [0.25, 0.3) is 0 Å². The van der Waals surface area contributed by atoms with Crippen LogP contribution in [0.3, 0.4) is 0 Å². The Hall–Kier alpha value is -0.370. The largest absolute Gasteiger partial charge is 0.390 e. The molecular weight excluding hydrogens is 212 g/mol. The van der Waals surface area contributed by atoms with E-state index in [1.165, 1.54) is 0 Å². The van der Waals surface area contributed by atoms with Crippen molar-refractivity contribution < 1.29 is 9.90 Å². The van der Waals surface area contributed by atoms with Crippen molar-refractivity contribution in [1.82, 2.24) is 0 Å². The molecule has 2 fully saturated rings. The second kappa shape index (κ2) is 4.38. The third kappa shape index (κ3) is 2.29. The predicted octanol–water partition coefficient (Wildman–Crippen LogP) is 3.03. The average molecular weight is 238 g/mol. The molecule has 5 atom stereocenters. The predicted molar refractivity (Wildman–Crippen MR) is 68.6 cm³/mol. The Balaban J connectivity index is 2.21. The molecule has 0 heterocycles. The maximum Gasteiger partial charge on any atom is 0.133 e. The summed E-state index contributed by atoms with van der Waals surface area (Å²) in [6.45, 7) is 8.18. The van der Waals surface area contributed by atoms with Gasteiger partial charge in [0.2, 0.25) is 0 Å². The number of Topliss-reactive ketones (excluding diaryl/α,β-unsaturated/α-hetero) is 1. The summed E-state index contributed by atoms with van der Waals surface area (Å²) in [5.41, 5.74) is -0.554. The number of ketones is 1. The molecule has 0 aliphatic heterocycles. The van der Waals surface area contributed by atoms with Gasteiger partial charge in [0, 0.05) is 5.92 Å². The van der Waals surface area contributed by atoms with Gasteiger partial charge in [-0.1, -0.05) is 13.8 Å². The Morgan fingerprint density at radius 3 is 2.53 bits per heavy atom. The molecule has 0 amide bonds. The zero-order chi connectivity index (χ0) is 12.8. The normalized spacial score (nSPS) is 46.0. The minimum absolute atomic E-state index is 0.216. The quantitative estimate of drug-likeness (QED) is 0.803. The fourth-order valence-electron chi connectivity index (χ4n) is 4.30. The molecule has 2 nitrogen and oxygen atoms in total. The van der Waals surface area contributed by atoms with Crippen LogP contribution in [0, 0.1) is 29.6 Å². The topological polar surface area (TPSA) is 37.3 Å². The Kier molecular flexibility index (Phi) is 3.37. The van der Waals surface area contributed by atoms with Crippen LogP contribution in [0.25, 0.3) is 0 Å². The number of rotatable bonds is 2. The smallest absolute Gasteiger partial charge is 0.133 e. The minimum Gasteiger partial charge on any atom is -0.390 e. The Labute approximate surface area is 105 Å². The first-order valence-corrected chi connectivity index (χ1v) is 7.05. The van der Waals surface area contributed by atoms with Crippen molar-refractivity contribution in [3.8, 4) is 0 Å². The Bertz CT molecular complexity index is 306. The van der Waals surface area contributed by atoms with E-state index in [4.69, 9.17) is 0 Å². The van der Waals surface area contributed by atoms with Gasteiger partial charge >= 0.3 is 0 Å². The molecule has 0 aromatic heterocycles. The third-order valence-corrected chi connectivity index (χ3v) is 5.34. The van der Waals surface area contributed by atoms with Gasteiger partial charge in [-0.25, -0.2) is 0 Å². The molecule has 2 heteroatoms. The van der Waals surface area contributed by atoms with Gasteiger partial charge < -0.3 is 5.11 Å². The zero-order valence-corrected chi connectivity index (χ0v) is 11.6. The van der Waals surface area contributed by atoms with Crippen LogP contribution < -0.4 is 0 Å². The highest BCUT2D eigenvalue weighted by Crippen LogP contribution is 2.53. The standard InChI is InChI=1S/C15H26O2/c1-9(2)11-7-13-12(10(3)16)5-6-14(13)15(4,17)8-11/h9,11-14,17H,5-8H2,1-4H3. The van der Waals surface area contributed by atoms with E-state index in [0.29, 0.717) is 29.5 Å². The van der Waals surface area contributed by atoms with Crippen LogP contribution in [0.4, 0.5) is 0 Å². The SMILES string of the molecule is CC(=O)C1CCC2C1CC(C(C)C)CC2(C)O. The molecular formula is C15H26O2. The summed E-state index contributed by atoms with van der Waals surface area (Å²) in [5, 5.41) is 10.7. The van der Waals surface area contributed by atoms with Crippen LogP contribution in [0.15, 0.2) is 0 Å². The first-order chi connectivity index (χ1) is 7.83. The molecule has 0 bridgehead atoms. The lowest BCUT2D eigenvalue weighted by atomic mass is 9.63. The van der Waals surface area contributed by atoms with E-state index in [2.05, 4.69) is 13.8 Å². The van der Waals surface area contributed by atoms with Crippen molar-refractivity contribution >= 4 is 5.78 Å². The van der Waals surface area contributed by atoms with E-state index in [1.807, 2.05) is 6.92 Å². The Morgan fingerprint density at radius 2 is 2.00 bits per heavy atom. The third-order valence-electron chi connectivity index (χ3n) is 5.34. The van der Waals surface area contributed by atoms with Gasteiger partial charge in [-0.2, -0.15) is 0 Å². The molecule has 2 rings (SSSR count). The summed E-state index contributed by atoms with van der Waals surface area (Å²) in [7, 11) is 0. The van der Waals surface area contributed by atoms with Gasteiger partial charge in [0.05, 0.1) is 5.60 Å². The molecule has 2 aliphatic rings. The molecule has 0 spiro atoms. The molecule has 2 saturated carbocycles. The van der Waals surface area contributed by atoms with Gasteiger partial charge in [-0.3, -0.25) is 4.79 Å². The molecule has 17 heavy (non-hydrogen) atoms. The molecule has 0 aromatic carbocycles. The number of hydrogen-bond donors (Lipinski definition) is 1. The van der Waals surface area contributed by atoms with Crippen LogP contribution >= 0.6 is 0 Å². The number of carbonyl (C=O) groups is 1. The van der Waals surface area contributed by atoms with Gasteiger partial charge in [0.15, 0.2) is 0 Å². The van der Waals surface area contributed by atoms with Crippen LogP contribution in [-0.4, -0.2) is 16.5 Å². The van der Waals surface area contributed by atoms with E-state index in [-0.39, 0.29) is 5.92 Å². The lowest BCUT2D eigenvalue weighted by Crippen LogP contribution is -2.46. The molecule has 1 N–H and O–H groups in total. The van der Waals surface area contributed by atoms with Crippen LogP contribution in [0.2, 0.25) is 0 Å². The van der Waals surface area contributed by atoms with E-state index in [0.717, 1.165) is 25.7 Å². The second-order valence-corrected chi connectivity index (χ2v) is 6.87. The fraction of sp³-hybridized carbons (Fsp3) is 0.933. The van der Waals surface area contributed by atoms with E-state index < -0.39 is 5.60 Å². The maximum absolute atomic E-state index is 11.7. The number of carbonyl (C=O) groups excluding carboxylic acids is 1. The first-order valence-electron chi connectivity index (χ1n) is 7.05. The fourth-order valence-corrected chi connectivity index (χ4v) is 4.30. The van der Waals surface area contributed by atoms with Crippen molar-refractivity contribution in [2.45, 2.75) is 59.0 Å². The molecule has 2 aliphatic carbocycles. The van der Waals surface area contributed by atoms with Gasteiger partial charge in [0.1, 0.15) is 5.78 Å². The molecule has 98 valence electrons. The maximum atomic E-state index is 11.7. The monoisotopic (exact) mass is 238 g/mol. The summed E-state index contributed by atoms with van der Waals surface area (Å²) in [6, 6.07) is 0. The summed E-state index contributed by atoms with van der Waals surface area (Å²) >= 11 is 0. The van der Waals surface area contributed by atoms with E-state index in [1.54, 1.807) is 6.92 Å². The highest BCUT2D eigenvalue weighted by Gasteiger charge is 2.51. The van der Waals surface area contributed by atoms with Crippen LogP contribution in [0.1, 0.15) is 53.4 Å². The molecule has 5 unspecified atom stereocenters. The van der Waals surface area contributed by atoms with E-state index in [9.17, 15) is 9.90 Å². The number of fused-ring (bicyclic) bond motifs is 1. The van der Waals surface area contributed by atoms with Crippen LogP contribution in [-0.2, 0) is 4.79 Å². The summed E-state index contributed by atoms with van der Waals surface area (Å²) in [6.07, 6.45) is 4.08. The van der Waals surface area contributed by atoms with Crippen molar-refractivity contribution in [3.63, 3.8) is 0 Å². The molecule has 0 saturated heterocycles. The Morgan fingerprint density at radius 1 is 1.35 bits per heavy atom. The number of aliphatic hydroxyl groups is 1. The minimum atomic E-state index is -0.554. The van der Waals surface area contributed by atoms with Crippen molar-refractivity contribution in [1.29, 1.82) is 0 Å². The average Bonchev–Trinajstić information content (AvgIpc) is 2.60. The van der Waals surface area contributed by atoms with Crippen LogP contribution in [0.5, 0.6) is 0 Å². The van der Waals surface area contributed by atoms with Crippen molar-refractivity contribution in [2.75, 3.05) is 0 Å². The lowest BCUT2D eigenvalue weighted by Gasteiger charge is -2.45. The summed E-state index contributed by atoms with van der Waals surface area (Å²) in [5.74, 6) is 2.52. The second-order valence-electron chi connectivity index (χ2n) is 6.87. The van der Waals surface area contributed by atoms with E-state index >= 15 is 0 Å². The first kappa shape index (κ1) is 13.1. The highest BCUT2D eigenvalue weighted by molar-refractivity contribution is 5.79. The van der Waals surface area contributed by atoms with Crippen molar-refractivity contribution in [3.05, 3.63) is 0 Å². The highest BCUT2D eigenvalue weighted by atomic mass is 16.3. The van der Waals surface area contributed by atoms with Gasteiger partial charge in [-0.15, -0.1) is 0 Å². The summed E-state index contributed by atoms with van der Waals surface area (Å²) in [4.78, 5) is 11.7. The van der Waals surface area contributed by atoms with Gasteiger partial charge in [-0.05, 0) is 63.2 Å². The zero-order valence-electron chi connectivity index (χ0n) is 11.6.